The first-order valence-corrected chi connectivity index (χ1v) is 11.7. The Hall–Kier alpha value is -2.80. The molecule has 2 aromatic rings. The number of benzene rings is 1. The van der Waals surface area contributed by atoms with Crippen LogP contribution in [0.1, 0.15) is 57.1 Å². The normalized spacial score (nSPS) is 15.4. The van der Waals surface area contributed by atoms with Gasteiger partial charge in [0.15, 0.2) is 0 Å². The number of hydrogen-bond acceptors (Lipinski definition) is 4. The Kier molecular flexibility index (Phi) is 7.84. The van der Waals surface area contributed by atoms with Gasteiger partial charge in [0.2, 0.25) is 0 Å². The average Bonchev–Trinajstić information content (AvgIpc) is 3.24. The van der Waals surface area contributed by atoms with Crippen molar-refractivity contribution in [3.8, 4) is 5.75 Å². The second-order valence-corrected chi connectivity index (χ2v) is 10.7. The van der Waals surface area contributed by atoms with Crippen LogP contribution in [0.3, 0.4) is 0 Å². The number of hydrogen-bond donors (Lipinski definition) is 2. The number of amides is 2. The summed E-state index contributed by atoms with van der Waals surface area (Å²) >= 11 is 0. The van der Waals surface area contributed by atoms with Gasteiger partial charge in [-0.15, -0.1) is 0 Å². The fraction of sp³-hybridized carbons (Fsp3) is 0.538. The van der Waals surface area contributed by atoms with Gasteiger partial charge in [-0.2, -0.15) is 0 Å². The molecule has 7 nitrogen and oxygen atoms in total. The van der Waals surface area contributed by atoms with Gasteiger partial charge in [0.25, 0.3) is 5.91 Å². The molecule has 0 saturated carbocycles. The van der Waals surface area contributed by atoms with Crippen LogP contribution < -0.4 is 10.1 Å². The van der Waals surface area contributed by atoms with Gasteiger partial charge >= 0.3 is 6.09 Å². The summed E-state index contributed by atoms with van der Waals surface area (Å²) in [7, 11) is 0. The number of aromatic amines is 1. The molecule has 0 radical (unpaired) electrons. The molecule has 3 rings (SSSR count). The molecule has 0 unspecified atom stereocenters. The molecule has 2 heterocycles. The predicted octanol–water partition coefficient (Wildman–Crippen LogP) is 4.32. The van der Waals surface area contributed by atoms with Crippen molar-refractivity contribution in [2.45, 2.75) is 53.0 Å². The number of aromatic nitrogens is 1. The first-order chi connectivity index (χ1) is 15.5. The minimum absolute atomic E-state index is 0.114. The molecule has 2 amide bonds. The minimum Gasteiger partial charge on any atom is -0.410 e. The molecule has 1 aliphatic heterocycles. The van der Waals surface area contributed by atoms with Crippen molar-refractivity contribution in [1.82, 2.24) is 20.1 Å². The van der Waals surface area contributed by atoms with E-state index >= 15 is 0 Å². The Bertz CT molecular complexity index is 906. The number of piperazine rings is 1. The van der Waals surface area contributed by atoms with Crippen LogP contribution in [0.2, 0.25) is 0 Å². The van der Waals surface area contributed by atoms with Gasteiger partial charge in [-0.1, -0.05) is 20.8 Å². The summed E-state index contributed by atoms with van der Waals surface area (Å²) in [6, 6.07) is 10.9. The molecular formula is C26H38N4O3. The number of carbonyl (C=O) groups excluding carboxylic acids is 2. The van der Waals surface area contributed by atoms with Crippen LogP contribution >= 0.6 is 0 Å². The molecule has 1 aromatic heterocycles. The topological polar surface area (TPSA) is 77.7 Å². The lowest BCUT2D eigenvalue weighted by Crippen LogP contribution is -2.49. The highest BCUT2D eigenvalue weighted by Gasteiger charge is 2.27. The average molecular weight is 455 g/mol. The number of carbonyl (C=O) groups is 2. The molecule has 0 bridgehead atoms. The Morgan fingerprint density at radius 2 is 1.67 bits per heavy atom. The zero-order valence-corrected chi connectivity index (χ0v) is 20.6. The van der Waals surface area contributed by atoms with Crippen LogP contribution in [0.5, 0.6) is 5.75 Å². The standard InChI is InChI=1S/C26H38N4O3/c1-25(2,3)19-26(4,5)28-23(31)20-8-10-22(11-9-20)33-24(32)30-17-15-29(16-18-30)14-12-21-7-6-13-27-21/h6-11,13,27H,12,14-19H2,1-5H3,(H,28,31). The molecule has 180 valence electrons. The van der Waals surface area contributed by atoms with Gasteiger partial charge in [0.05, 0.1) is 0 Å². The van der Waals surface area contributed by atoms with E-state index in [4.69, 9.17) is 4.74 Å². The summed E-state index contributed by atoms with van der Waals surface area (Å²) in [5.41, 5.74) is 1.58. The van der Waals surface area contributed by atoms with Crippen LogP contribution in [0.4, 0.5) is 4.79 Å². The molecule has 0 spiro atoms. The molecule has 0 atom stereocenters. The summed E-state index contributed by atoms with van der Waals surface area (Å²) in [5, 5.41) is 3.10. The van der Waals surface area contributed by atoms with E-state index in [0.717, 1.165) is 32.5 Å². The SMILES string of the molecule is CC(C)(C)CC(C)(C)NC(=O)c1ccc(OC(=O)N2CCN(CCc3ccc[nH]3)CC2)cc1. The van der Waals surface area contributed by atoms with E-state index in [1.807, 2.05) is 26.1 Å². The zero-order chi connectivity index (χ0) is 24.1. The maximum atomic E-state index is 12.7. The van der Waals surface area contributed by atoms with Crippen LogP contribution in [0, 0.1) is 5.41 Å². The lowest BCUT2D eigenvalue weighted by Gasteiger charge is -2.34. The molecule has 2 N–H and O–H groups in total. The Morgan fingerprint density at radius 3 is 2.24 bits per heavy atom. The summed E-state index contributed by atoms with van der Waals surface area (Å²) < 4.78 is 5.54. The highest BCUT2D eigenvalue weighted by atomic mass is 16.6. The van der Waals surface area contributed by atoms with Gasteiger partial charge in [-0.3, -0.25) is 9.69 Å². The zero-order valence-electron chi connectivity index (χ0n) is 20.6. The number of nitrogens with one attached hydrogen (secondary N) is 2. The fourth-order valence-electron chi connectivity index (χ4n) is 4.54. The van der Waals surface area contributed by atoms with E-state index in [1.165, 1.54) is 5.69 Å². The third-order valence-electron chi connectivity index (χ3n) is 5.74. The summed E-state index contributed by atoms with van der Waals surface area (Å²) in [5.74, 6) is 0.317. The quantitative estimate of drug-likeness (QED) is 0.653. The van der Waals surface area contributed by atoms with Crippen molar-refractivity contribution >= 4 is 12.0 Å². The first-order valence-electron chi connectivity index (χ1n) is 11.7. The predicted molar refractivity (Wildman–Crippen MR) is 131 cm³/mol. The van der Waals surface area contributed by atoms with E-state index < -0.39 is 0 Å². The second-order valence-electron chi connectivity index (χ2n) is 10.7. The van der Waals surface area contributed by atoms with Gasteiger partial charge in [-0.25, -0.2) is 4.79 Å². The molecule has 1 fully saturated rings. The van der Waals surface area contributed by atoms with E-state index in [9.17, 15) is 9.59 Å². The van der Waals surface area contributed by atoms with Crippen LogP contribution in [-0.2, 0) is 6.42 Å². The molecule has 1 saturated heterocycles. The number of nitrogens with zero attached hydrogens (tertiary/aromatic N) is 2. The first kappa shape index (κ1) is 24.8. The third-order valence-corrected chi connectivity index (χ3v) is 5.74. The highest BCUT2D eigenvalue weighted by molar-refractivity contribution is 5.94. The van der Waals surface area contributed by atoms with Crippen LogP contribution in [-0.4, -0.2) is 65.0 Å². The van der Waals surface area contributed by atoms with Crippen molar-refractivity contribution in [1.29, 1.82) is 0 Å². The van der Waals surface area contributed by atoms with Crippen molar-refractivity contribution in [3.63, 3.8) is 0 Å². The lowest BCUT2D eigenvalue weighted by atomic mass is 9.81. The van der Waals surface area contributed by atoms with Gasteiger partial charge < -0.3 is 19.9 Å². The van der Waals surface area contributed by atoms with E-state index in [1.54, 1.807) is 29.2 Å². The third kappa shape index (κ3) is 7.93. The molecule has 33 heavy (non-hydrogen) atoms. The van der Waals surface area contributed by atoms with Gasteiger partial charge in [-0.05, 0) is 62.1 Å². The number of H-pyrrole nitrogens is 1. The molecular weight excluding hydrogens is 416 g/mol. The highest BCUT2D eigenvalue weighted by Crippen LogP contribution is 2.27. The minimum atomic E-state index is -0.345. The monoisotopic (exact) mass is 454 g/mol. The summed E-state index contributed by atoms with van der Waals surface area (Å²) in [6.07, 6.45) is 3.43. The molecule has 1 aromatic carbocycles. The van der Waals surface area contributed by atoms with Crippen molar-refractivity contribution in [2.75, 3.05) is 32.7 Å². The largest absolute Gasteiger partial charge is 0.415 e. The van der Waals surface area contributed by atoms with Crippen molar-refractivity contribution < 1.29 is 14.3 Å². The van der Waals surface area contributed by atoms with E-state index in [2.05, 4.69) is 42.0 Å². The van der Waals surface area contributed by atoms with Crippen molar-refractivity contribution in [2.24, 2.45) is 5.41 Å². The maximum absolute atomic E-state index is 12.7. The Labute approximate surface area is 197 Å². The fourth-order valence-corrected chi connectivity index (χ4v) is 4.54. The van der Waals surface area contributed by atoms with Crippen LogP contribution in [0.15, 0.2) is 42.6 Å². The Morgan fingerprint density at radius 1 is 1.00 bits per heavy atom. The van der Waals surface area contributed by atoms with Crippen molar-refractivity contribution in [3.05, 3.63) is 53.9 Å². The van der Waals surface area contributed by atoms with E-state index in [0.29, 0.717) is 24.4 Å². The smallest absolute Gasteiger partial charge is 0.410 e. The second kappa shape index (κ2) is 10.4. The Balaban J connectivity index is 1.45. The lowest BCUT2D eigenvalue weighted by molar-refractivity contribution is 0.0891. The maximum Gasteiger partial charge on any atom is 0.415 e. The number of rotatable bonds is 7. The summed E-state index contributed by atoms with van der Waals surface area (Å²) in [4.78, 5) is 32.5. The van der Waals surface area contributed by atoms with Gasteiger partial charge in [0, 0.05) is 62.1 Å². The molecule has 7 heteroatoms. The molecule has 1 aliphatic rings. The van der Waals surface area contributed by atoms with Crippen LogP contribution in [0.25, 0.3) is 0 Å². The number of ether oxygens (including phenoxy) is 1. The summed E-state index contributed by atoms with van der Waals surface area (Å²) in [6.45, 7) is 14.5. The van der Waals surface area contributed by atoms with Gasteiger partial charge in [0.1, 0.15) is 5.75 Å². The van der Waals surface area contributed by atoms with E-state index in [-0.39, 0.29) is 23.0 Å². The molecule has 0 aliphatic carbocycles.